The minimum absolute atomic E-state index is 0.584. The first-order valence-electron chi connectivity index (χ1n) is 6.06. The number of nitrogens with zero attached hydrogens (tertiary/aromatic N) is 1. The molecule has 1 aromatic rings. The molecular formula is C14H23N. The van der Waals surface area contributed by atoms with Crippen LogP contribution in [0.1, 0.15) is 57.3 Å². The Morgan fingerprint density at radius 1 is 1.13 bits per heavy atom. The first-order chi connectivity index (χ1) is 7.25. The first-order valence-corrected chi connectivity index (χ1v) is 6.06. The Kier molecular flexibility index (Phi) is 4.34. The Balaban J connectivity index is 0.000000531. The first kappa shape index (κ1) is 12.3. The lowest BCUT2D eigenvalue weighted by Gasteiger charge is -2.22. The molecule has 15 heavy (non-hydrogen) atoms. The van der Waals surface area contributed by atoms with Gasteiger partial charge in [0.25, 0.3) is 0 Å². The van der Waals surface area contributed by atoms with Crippen LogP contribution in [0.25, 0.3) is 0 Å². The van der Waals surface area contributed by atoms with Gasteiger partial charge in [0.1, 0.15) is 0 Å². The molecule has 84 valence electrons. The van der Waals surface area contributed by atoms with Crippen LogP contribution in [-0.2, 0) is 0 Å². The molecule has 1 nitrogen and oxygen atoms in total. The third-order valence-electron chi connectivity index (χ3n) is 3.29. The quantitative estimate of drug-likeness (QED) is 0.665. The summed E-state index contributed by atoms with van der Waals surface area (Å²) in [6, 6.07) is 10.0. The Labute approximate surface area is 94.1 Å². The Morgan fingerprint density at radius 3 is 2.20 bits per heavy atom. The van der Waals surface area contributed by atoms with Gasteiger partial charge in [0.05, 0.1) is 0 Å². The van der Waals surface area contributed by atoms with E-state index in [2.05, 4.69) is 50.1 Å². The fraction of sp³-hybridized carbons (Fsp3) is 0.571. The number of fused-ring (bicyclic) bond motifs is 1. The molecule has 1 heterocycles. The molecule has 0 bridgehead atoms. The van der Waals surface area contributed by atoms with Gasteiger partial charge in [-0.15, -0.1) is 0 Å². The van der Waals surface area contributed by atoms with Gasteiger partial charge in [0.15, 0.2) is 0 Å². The third kappa shape index (κ3) is 2.07. The SMILES string of the molecule is CC.CCC1c2ccccc2C(C)N1C. The standard InChI is InChI=1S/C12H17N.C2H6/c1-4-12-11-8-6-5-7-10(11)9(2)13(12)3;1-2/h5-9,12H,4H2,1-3H3;1-2H3. The molecule has 0 N–H and O–H groups in total. The number of rotatable bonds is 1. The van der Waals surface area contributed by atoms with Crippen LogP contribution in [0.2, 0.25) is 0 Å². The molecule has 2 rings (SSSR count). The highest BCUT2D eigenvalue weighted by Crippen LogP contribution is 2.41. The van der Waals surface area contributed by atoms with Crippen molar-refractivity contribution >= 4 is 0 Å². The van der Waals surface area contributed by atoms with Crippen LogP contribution >= 0.6 is 0 Å². The zero-order chi connectivity index (χ0) is 11.4. The minimum atomic E-state index is 0.584. The van der Waals surface area contributed by atoms with Crippen LogP contribution in [-0.4, -0.2) is 11.9 Å². The average molecular weight is 205 g/mol. The predicted octanol–water partition coefficient (Wildman–Crippen LogP) is 4.17. The van der Waals surface area contributed by atoms with E-state index in [1.807, 2.05) is 13.8 Å². The molecule has 0 aromatic heterocycles. The normalized spacial score (nSPS) is 24.3. The summed E-state index contributed by atoms with van der Waals surface area (Å²) in [5.41, 5.74) is 3.04. The highest BCUT2D eigenvalue weighted by atomic mass is 15.2. The second-order valence-corrected chi connectivity index (χ2v) is 3.89. The van der Waals surface area contributed by atoms with Gasteiger partial charge in [-0.1, -0.05) is 45.0 Å². The van der Waals surface area contributed by atoms with Crippen molar-refractivity contribution in [3.8, 4) is 0 Å². The largest absolute Gasteiger partial charge is 0.293 e. The van der Waals surface area contributed by atoms with Crippen molar-refractivity contribution in [3.63, 3.8) is 0 Å². The molecule has 0 radical (unpaired) electrons. The fourth-order valence-corrected chi connectivity index (χ4v) is 2.41. The number of hydrogen-bond donors (Lipinski definition) is 0. The summed E-state index contributed by atoms with van der Waals surface area (Å²) in [5, 5.41) is 0. The van der Waals surface area contributed by atoms with Crippen molar-refractivity contribution in [2.75, 3.05) is 7.05 Å². The average Bonchev–Trinajstić information content (AvgIpc) is 2.55. The summed E-state index contributed by atoms with van der Waals surface area (Å²) in [6.07, 6.45) is 1.21. The van der Waals surface area contributed by atoms with Crippen molar-refractivity contribution in [1.29, 1.82) is 0 Å². The molecule has 0 fully saturated rings. The van der Waals surface area contributed by atoms with E-state index in [0.717, 1.165) is 0 Å². The lowest BCUT2D eigenvalue weighted by molar-refractivity contribution is 0.214. The van der Waals surface area contributed by atoms with E-state index in [1.54, 1.807) is 0 Å². The van der Waals surface area contributed by atoms with Crippen molar-refractivity contribution in [2.45, 2.75) is 46.2 Å². The fourth-order valence-electron chi connectivity index (χ4n) is 2.41. The molecule has 0 spiro atoms. The maximum absolute atomic E-state index is 2.46. The summed E-state index contributed by atoms with van der Waals surface area (Å²) in [7, 11) is 2.22. The molecule has 0 aliphatic carbocycles. The highest BCUT2D eigenvalue weighted by molar-refractivity contribution is 5.36. The second-order valence-electron chi connectivity index (χ2n) is 3.89. The summed E-state index contributed by atoms with van der Waals surface area (Å²) < 4.78 is 0. The van der Waals surface area contributed by atoms with Gasteiger partial charge in [-0.25, -0.2) is 0 Å². The van der Waals surface area contributed by atoms with E-state index < -0.39 is 0 Å². The molecule has 0 amide bonds. The lowest BCUT2D eigenvalue weighted by atomic mass is 10.0. The molecule has 2 atom stereocenters. The topological polar surface area (TPSA) is 3.24 Å². The van der Waals surface area contributed by atoms with E-state index in [0.29, 0.717) is 12.1 Å². The van der Waals surface area contributed by atoms with Crippen LogP contribution in [0, 0.1) is 0 Å². The smallest absolute Gasteiger partial charge is 0.0351 e. The van der Waals surface area contributed by atoms with Crippen molar-refractivity contribution in [2.24, 2.45) is 0 Å². The minimum Gasteiger partial charge on any atom is -0.293 e. The van der Waals surface area contributed by atoms with Crippen LogP contribution in [0.5, 0.6) is 0 Å². The van der Waals surface area contributed by atoms with Crippen LogP contribution in [0.4, 0.5) is 0 Å². The molecule has 1 aliphatic heterocycles. The highest BCUT2D eigenvalue weighted by Gasteiger charge is 2.30. The molecular weight excluding hydrogens is 182 g/mol. The van der Waals surface area contributed by atoms with E-state index in [1.165, 1.54) is 17.5 Å². The molecule has 2 unspecified atom stereocenters. The van der Waals surface area contributed by atoms with E-state index in [9.17, 15) is 0 Å². The van der Waals surface area contributed by atoms with Gasteiger partial charge in [0.2, 0.25) is 0 Å². The molecule has 0 saturated carbocycles. The van der Waals surface area contributed by atoms with E-state index in [-0.39, 0.29) is 0 Å². The van der Waals surface area contributed by atoms with Crippen molar-refractivity contribution < 1.29 is 0 Å². The van der Waals surface area contributed by atoms with Gasteiger partial charge in [-0.2, -0.15) is 0 Å². The number of benzene rings is 1. The van der Waals surface area contributed by atoms with E-state index >= 15 is 0 Å². The van der Waals surface area contributed by atoms with Gasteiger partial charge in [-0.05, 0) is 31.5 Å². The second kappa shape index (κ2) is 5.32. The van der Waals surface area contributed by atoms with Gasteiger partial charge in [0, 0.05) is 12.1 Å². The summed E-state index contributed by atoms with van der Waals surface area (Å²) in [5.74, 6) is 0. The van der Waals surface area contributed by atoms with Crippen LogP contribution < -0.4 is 0 Å². The molecule has 1 aliphatic rings. The zero-order valence-electron chi connectivity index (χ0n) is 10.6. The Morgan fingerprint density at radius 2 is 1.67 bits per heavy atom. The van der Waals surface area contributed by atoms with Crippen LogP contribution in [0.15, 0.2) is 24.3 Å². The van der Waals surface area contributed by atoms with Crippen LogP contribution in [0.3, 0.4) is 0 Å². The summed E-state index contributed by atoms with van der Waals surface area (Å²) in [6.45, 7) is 8.55. The Bertz CT molecular complexity index is 306. The molecule has 1 aromatic carbocycles. The Hall–Kier alpha value is -0.820. The number of hydrogen-bond acceptors (Lipinski definition) is 1. The van der Waals surface area contributed by atoms with Crippen molar-refractivity contribution in [3.05, 3.63) is 35.4 Å². The monoisotopic (exact) mass is 205 g/mol. The lowest BCUT2D eigenvalue weighted by Crippen LogP contribution is -2.18. The summed E-state index contributed by atoms with van der Waals surface area (Å²) >= 11 is 0. The third-order valence-corrected chi connectivity index (χ3v) is 3.29. The molecule has 0 saturated heterocycles. The van der Waals surface area contributed by atoms with Gasteiger partial charge < -0.3 is 0 Å². The van der Waals surface area contributed by atoms with Crippen molar-refractivity contribution in [1.82, 2.24) is 4.90 Å². The summed E-state index contributed by atoms with van der Waals surface area (Å²) in [4.78, 5) is 2.46. The maximum Gasteiger partial charge on any atom is 0.0351 e. The van der Waals surface area contributed by atoms with E-state index in [4.69, 9.17) is 0 Å². The predicted molar refractivity (Wildman–Crippen MR) is 67.0 cm³/mol. The zero-order valence-corrected chi connectivity index (χ0v) is 10.6. The molecule has 1 heteroatoms. The maximum atomic E-state index is 2.46. The van der Waals surface area contributed by atoms with Gasteiger partial charge in [-0.3, -0.25) is 4.90 Å². The van der Waals surface area contributed by atoms with Gasteiger partial charge >= 0.3 is 0 Å².